The Hall–Kier alpha value is -1.59. The molecule has 0 unspecified atom stereocenters. The highest BCUT2D eigenvalue weighted by Crippen LogP contribution is 2.26. The molecule has 1 amide bonds. The molecule has 112 valence electrons. The first-order valence-corrected chi connectivity index (χ1v) is 7.81. The highest BCUT2D eigenvalue weighted by molar-refractivity contribution is 5.94. The highest BCUT2D eigenvalue weighted by Gasteiger charge is 2.29. The number of hydrogen-bond donors (Lipinski definition) is 1. The lowest BCUT2D eigenvalue weighted by Gasteiger charge is -2.43. The zero-order chi connectivity index (χ0) is 14.2. The Morgan fingerprint density at radius 2 is 2.00 bits per heavy atom. The normalized spacial score (nSPS) is 22.6. The molecule has 0 radical (unpaired) electrons. The second-order valence-electron chi connectivity index (χ2n) is 6.06. The van der Waals surface area contributed by atoms with Gasteiger partial charge in [0.05, 0.1) is 6.61 Å². The predicted octanol–water partition coefficient (Wildman–Crippen LogP) is 0.351. The first-order chi connectivity index (χ1) is 10.3. The summed E-state index contributed by atoms with van der Waals surface area (Å²) in [6, 6.07) is 6.52. The maximum atomic E-state index is 12.6. The van der Waals surface area contributed by atoms with Gasteiger partial charge in [0.1, 0.15) is 5.75 Å². The predicted molar refractivity (Wildman–Crippen MR) is 79.8 cm³/mol. The van der Waals surface area contributed by atoms with Crippen molar-refractivity contribution in [2.24, 2.45) is 0 Å². The van der Waals surface area contributed by atoms with E-state index in [1.807, 2.05) is 23.1 Å². The van der Waals surface area contributed by atoms with Crippen LogP contribution in [0, 0.1) is 0 Å². The van der Waals surface area contributed by atoms with E-state index in [0.717, 1.165) is 63.6 Å². The van der Waals surface area contributed by atoms with Gasteiger partial charge in [0.2, 0.25) is 0 Å². The summed E-state index contributed by atoms with van der Waals surface area (Å²) in [5.74, 6) is 1.10. The van der Waals surface area contributed by atoms with Gasteiger partial charge in [-0.2, -0.15) is 0 Å². The van der Waals surface area contributed by atoms with E-state index in [9.17, 15) is 4.79 Å². The van der Waals surface area contributed by atoms with Crippen molar-refractivity contribution in [3.05, 3.63) is 29.3 Å². The second-order valence-corrected chi connectivity index (χ2v) is 6.06. The largest absolute Gasteiger partial charge is 0.493 e. The van der Waals surface area contributed by atoms with E-state index in [-0.39, 0.29) is 5.91 Å². The third kappa shape index (κ3) is 2.40. The topological polar surface area (TPSA) is 44.8 Å². The number of amides is 1. The first kappa shape index (κ1) is 13.1. The van der Waals surface area contributed by atoms with Crippen LogP contribution in [0.5, 0.6) is 5.75 Å². The van der Waals surface area contributed by atoms with Crippen molar-refractivity contribution in [2.75, 3.05) is 45.9 Å². The van der Waals surface area contributed by atoms with E-state index in [1.54, 1.807) is 0 Å². The average Bonchev–Trinajstić information content (AvgIpc) is 2.93. The Balaban J connectivity index is 1.41. The quantitative estimate of drug-likeness (QED) is 0.852. The number of nitrogens with one attached hydrogen (secondary N) is 1. The van der Waals surface area contributed by atoms with Crippen LogP contribution in [-0.4, -0.2) is 67.6 Å². The zero-order valence-electron chi connectivity index (χ0n) is 12.2. The number of fused-ring (bicyclic) bond motifs is 1. The van der Waals surface area contributed by atoms with E-state index in [0.29, 0.717) is 6.04 Å². The van der Waals surface area contributed by atoms with Crippen molar-refractivity contribution in [1.82, 2.24) is 15.1 Å². The molecule has 1 N–H and O–H groups in total. The molecule has 0 spiro atoms. The molecule has 1 aromatic rings. The molecule has 5 heteroatoms. The third-order valence-electron chi connectivity index (χ3n) is 4.81. The monoisotopic (exact) mass is 287 g/mol. The first-order valence-electron chi connectivity index (χ1n) is 7.81. The fourth-order valence-corrected chi connectivity index (χ4v) is 3.32. The Morgan fingerprint density at radius 1 is 1.19 bits per heavy atom. The van der Waals surface area contributed by atoms with Crippen molar-refractivity contribution in [1.29, 1.82) is 0 Å². The number of rotatable bonds is 2. The number of carbonyl (C=O) groups excluding carboxylic acids is 1. The summed E-state index contributed by atoms with van der Waals surface area (Å²) in [6.07, 6.45) is 0.916. The molecular formula is C16H21N3O2. The Kier molecular flexibility index (Phi) is 3.31. The number of piperazine rings is 1. The Morgan fingerprint density at radius 3 is 2.71 bits per heavy atom. The standard InChI is InChI=1S/C16H21N3O2/c20-16(13-1-2-15-12(9-13)3-8-21-15)19-6-4-18(5-7-19)14-10-17-11-14/h1-2,9,14,17H,3-8,10-11H2. The molecule has 5 nitrogen and oxygen atoms in total. The molecule has 3 aliphatic heterocycles. The Bertz CT molecular complexity index is 548. The van der Waals surface area contributed by atoms with Gasteiger partial charge < -0.3 is 15.0 Å². The summed E-state index contributed by atoms with van der Waals surface area (Å²) in [7, 11) is 0. The van der Waals surface area contributed by atoms with Crippen molar-refractivity contribution in [2.45, 2.75) is 12.5 Å². The van der Waals surface area contributed by atoms with Gasteiger partial charge in [0.25, 0.3) is 5.91 Å². The summed E-state index contributed by atoms with van der Waals surface area (Å²) >= 11 is 0. The number of nitrogens with zero attached hydrogens (tertiary/aromatic N) is 2. The smallest absolute Gasteiger partial charge is 0.253 e. The van der Waals surface area contributed by atoms with E-state index in [4.69, 9.17) is 4.74 Å². The minimum Gasteiger partial charge on any atom is -0.493 e. The molecule has 0 aromatic heterocycles. The zero-order valence-corrected chi connectivity index (χ0v) is 12.2. The van der Waals surface area contributed by atoms with Gasteiger partial charge in [0.15, 0.2) is 0 Å². The van der Waals surface area contributed by atoms with Gasteiger partial charge in [-0.15, -0.1) is 0 Å². The molecular weight excluding hydrogens is 266 g/mol. The van der Waals surface area contributed by atoms with Crippen LogP contribution in [0.15, 0.2) is 18.2 Å². The molecule has 0 bridgehead atoms. The van der Waals surface area contributed by atoms with Crippen molar-refractivity contribution >= 4 is 5.91 Å². The lowest BCUT2D eigenvalue weighted by atomic mass is 10.1. The molecule has 2 saturated heterocycles. The van der Waals surface area contributed by atoms with Gasteiger partial charge in [-0.1, -0.05) is 0 Å². The summed E-state index contributed by atoms with van der Waals surface area (Å²) in [5, 5.41) is 3.31. The lowest BCUT2D eigenvalue weighted by Crippen LogP contribution is -2.62. The van der Waals surface area contributed by atoms with E-state index in [2.05, 4.69) is 10.2 Å². The van der Waals surface area contributed by atoms with Gasteiger partial charge in [-0.3, -0.25) is 9.69 Å². The molecule has 0 saturated carbocycles. The fraction of sp³-hybridized carbons (Fsp3) is 0.562. The molecule has 3 aliphatic rings. The molecule has 2 fully saturated rings. The number of ether oxygens (including phenoxy) is 1. The average molecular weight is 287 g/mol. The van der Waals surface area contributed by atoms with Crippen LogP contribution in [-0.2, 0) is 6.42 Å². The third-order valence-corrected chi connectivity index (χ3v) is 4.81. The number of hydrogen-bond acceptors (Lipinski definition) is 4. The van der Waals surface area contributed by atoms with Crippen LogP contribution in [0.1, 0.15) is 15.9 Å². The van der Waals surface area contributed by atoms with E-state index >= 15 is 0 Å². The van der Waals surface area contributed by atoms with Crippen LogP contribution in [0.3, 0.4) is 0 Å². The second kappa shape index (κ2) is 5.31. The van der Waals surface area contributed by atoms with Crippen LogP contribution in [0.25, 0.3) is 0 Å². The molecule has 3 heterocycles. The minimum atomic E-state index is 0.163. The minimum absolute atomic E-state index is 0.163. The molecule has 0 atom stereocenters. The maximum Gasteiger partial charge on any atom is 0.253 e. The summed E-state index contributed by atoms with van der Waals surface area (Å²) in [6.45, 7) is 6.59. The summed E-state index contributed by atoms with van der Waals surface area (Å²) < 4.78 is 5.50. The van der Waals surface area contributed by atoms with Gasteiger partial charge in [-0.25, -0.2) is 0 Å². The number of carbonyl (C=O) groups is 1. The lowest BCUT2D eigenvalue weighted by molar-refractivity contribution is 0.0502. The summed E-state index contributed by atoms with van der Waals surface area (Å²) in [5.41, 5.74) is 1.97. The van der Waals surface area contributed by atoms with Crippen LogP contribution in [0.2, 0.25) is 0 Å². The van der Waals surface area contributed by atoms with Crippen LogP contribution >= 0.6 is 0 Å². The van der Waals surface area contributed by atoms with Crippen LogP contribution in [0.4, 0.5) is 0 Å². The molecule has 21 heavy (non-hydrogen) atoms. The highest BCUT2D eigenvalue weighted by atomic mass is 16.5. The van der Waals surface area contributed by atoms with Crippen LogP contribution < -0.4 is 10.1 Å². The van der Waals surface area contributed by atoms with Gasteiger partial charge >= 0.3 is 0 Å². The SMILES string of the molecule is O=C(c1ccc2c(c1)CCO2)N1CCN(C2CNC2)CC1. The van der Waals surface area contributed by atoms with Crippen molar-refractivity contribution < 1.29 is 9.53 Å². The van der Waals surface area contributed by atoms with Crippen molar-refractivity contribution in [3.8, 4) is 5.75 Å². The number of benzene rings is 1. The Labute approximate surface area is 124 Å². The van der Waals surface area contributed by atoms with Gasteiger partial charge in [-0.05, 0) is 23.8 Å². The maximum absolute atomic E-state index is 12.6. The fourth-order valence-electron chi connectivity index (χ4n) is 3.32. The molecule has 4 rings (SSSR count). The van der Waals surface area contributed by atoms with E-state index < -0.39 is 0 Å². The van der Waals surface area contributed by atoms with Gasteiger partial charge in [0, 0.05) is 57.3 Å². The molecule has 1 aromatic carbocycles. The molecule has 0 aliphatic carbocycles. The summed E-state index contributed by atoms with van der Waals surface area (Å²) in [4.78, 5) is 17.1. The van der Waals surface area contributed by atoms with Crippen molar-refractivity contribution in [3.63, 3.8) is 0 Å². The van der Waals surface area contributed by atoms with E-state index in [1.165, 1.54) is 5.56 Å².